The van der Waals surface area contributed by atoms with Gasteiger partial charge in [-0.25, -0.2) is 9.79 Å². The lowest BCUT2D eigenvalue weighted by molar-refractivity contribution is -0.384. The second kappa shape index (κ2) is 7.70. The number of nitrogens with one attached hydrogen (secondary N) is 1. The number of aliphatic imine (C=N–C) groups is 1. The van der Waals surface area contributed by atoms with E-state index in [1.165, 1.54) is 25.1 Å². The molecule has 0 radical (unpaired) electrons. The Morgan fingerprint density at radius 3 is 2.39 bits per heavy atom. The molecule has 142 valence electrons. The summed E-state index contributed by atoms with van der Waals surface area (Å²) in [5.74, 6) is -1.51. The highest BCUT2D eigenvalue weighted by Gasteiger charge is 2.21. The van der Waals surface area contributed by atoms with E-state index in [1.54, 1.807) is 30.5 Å². The minimum absolute atomic E-state index is 0.0303. The minimum Gasteiger partial charge on any atom is -0.478 e. The Labute approximate surface area is 159 Å². The molecule has 1 heterocycles. The van der Waals surface area contributed by atoms with E-state index in [9.17, 15) is 24.8 Å². The summed E-state index contributed by atoms with van der Waals surface area (Å²) in [5, 5.41) is 23.3. The molecule has 3 rings (SSSR count). The molecule has 1 aliphatic heterocycles. The second-order valence-electron chi connectivity index (χ2n) is 5.97. The highest BCUT2D eigenvalue weighted by molar-refractivity contribution is 6.09. The zero-order chi connectivity index (χ0) is 20.3. The molecule has 28 heavy (non-hydrogen) atoms. The first-order valence-electron chi connectivity index (χ1n) is 8.17. The van der Waals surface area contributed by atoms with E-state index in [0.29, 0.717) is 17.8 Å². The molecule has 0 bridgehead atoms. The van der Waals surface area contributed by atoms with Crippen molar-refractivity contribution in [2.75, 3.05) is 5.32 Å². The maximum Gasteiger partial charge on any atom is 0.339 e. The van der Waals surface area contributed by atoms with Crippen LogP contribution in [-0.2, 0) is 11.2 Å². The van der Waals surface area contributed by atoms with Crippen molar-refractivity contribution in [1.82, 2.24) is 0 Å². The number of nitro groups is 1. The van der Waals surface area contributed by atoms with Gasteiger partial charge >= 0.3 is 11.9 Å². The molecule has 0 saturated heterocycles. The molecule has 9 heteroatoms. The van der Waals surface area contributed by atoms with Gasteiger partial charge < -0.3 is 15.2 Å². The van der Waals surface area contributed by atoms with E-state index in [-0.39, 0.29) is 22.7 Å². The summed E-state index contributed by atoms with van der Waals surface area (Å²) >= 11 is 0. The van der Waals surface area contributed by atoms with Crippen molar-refractivity contribution in [3.63, 3.8) is 0 Å². The van der Waals surface area contributed by atoms with Gasteiger partial charge in [0.1, 0.15) is 11.4 Å². The first-order chi connectivity index (χ1) is 13.3. The van der Waals surface area contributed by atoms with Crippen LogP contribution in [0.5, 0.6) is 5.75 Å². The summed E-state index contributed by atoms with van der Waals surface area (Å²) in [6.45, 7) is 1.18. The molecule has 0 aromatic heterocycles. The van der Waals surface area contributed by atoms with E-state index < -0.39 is 16.9 Å². The second-order valence-corrected chi connectivity index (χ2v) is 5.97. The molecule has 0 aliphatic carbocycles. The Bertz CT molecular complexity index is 1020. The molecule has 2 aromatic carbocycles. The Morgan fingerprint density at radius 2 is 1.89 bits per heavy atom. The number of carboxylic acids is 1. The van der Waals surface area contributed by atoms with Crippen LogP contribution in [-0.4, -0.2) is 27.8 Å². The molecule has 0 unspecified atom stereocenters. The van der Waals surface area contributed by atoms with E-state index in [0.717, 1.165) is 5.56 Å². The maximum atomic E-state index is 11.7. The SMILES string of the molecule is CC(=O)Oc1c(NC2=NC=C2)cc(Cc2ccc([N+](=O)[O-])cc2)cc1C(=O)O. The molecule has 0 atom stereocenters. The fourth-order valence-electron chi connectivity index (χ4n) is 2.63. The standard InChI is InChI=1S/C19H15N3O6/c1-11(23)28-18-15(19(24)25)9-13(10-16(18)21-17-6-7-20-17)8-12-2-4-14(5-3-12)22(26)27/h2-7,9-10H,8H2,1H3,(H,20,21)(H,24,25). The summed E-state index contributed by atoms with van der Waals surface area (Å²) in [7, 11) is 0. The van der Waals surface area contributed by atoms with Gasteiger partial charge in [-0.2, -0.15) is 0 Å². The molecular weight excluding hydrogens is 366 g/mol. The monoisotopic (exact) mass is 381 g/mol. The number of non-ortho nitro benzene ring substituents is 1. The maximum absolute atomic E-state index is 11.7. The molecule has 9 nitrogen and oxygen atoms in total. The highest BCUT2D eigenvalue weighted by Crippen LogP contribution is 2.33. The third-order valence-electron chi connectivity index (χ3n) is 3.89. The summed E-state index contributed by atoms with van der Waals surface area (Å²) in [4.78, 5) is 37.4. The number of carbonyl (C=O) groups excluding carboxylic acids is 1. The largest absolute Gasteiger partial charge is 0.478 e. The molecular formula is C19H15N3O6. The van der Waals surface area contributed by atoms with Gasteiger partial charge in [-0.15, -0.1) is 0 Å². The number of benzene rings is 2. The van der Waals surface area contributed by atoms with Gasteiger partial charge in [0, 0.05) is 25.3 Å². The van der Waals surface area contributed by atoms with E-state index in [2.05, 4.69) is 10.3 Å². The van der Waals surface area contributed by atoms with Crippen molar-refractivity contribution in [2.24, 2.45) is 4.99 Å². The normalized spacial score (nSPS) is 12.0. The zero-order valence-corrected chi connectivity index (χ0v) is 14.7. The lowest BCUT2D eigenvalue weighted by Gasteiger charge is -2.17. The van der Waals surface area contributed by atoms with Crippen LogP contribution in [0, 0.1) is 10.1 Å². The van der Waals surface area contributed by atoms with Crippen molar-refractivity contribution in [2.45, 2.75) is 13.3 Å². The fraction of sp³-hybridized carbons (Fsp3) is 0.105. The molecule has 1 aliphatic rings. The number of nitro benzene ring substituents is 1. The van der Waals surface area contributed by atoms with E-state index >= 15 is 0 Å². The first-order valence-corrected chi connectivity index (χ1v) is 8.17. The molecule has 0 fully saturated rings. The predicted molar refractivity (Wildman–Crippen MR) is 101 cm³/mol. The zero-order valence-electron chi connectivity index (χ0n) is 14.7. The molecule has 2 aromatic rings. The third kappa shape index (κ3) is 4.21. The summed E-state index contributed by atoms with van der Waals surface area (Å²) < 4.78 is 5.12. The van der Waals surface area contributed by atoms with E-state index in [4.69, 9.17) is 4.74 Å². The molecule has 2 N–H and O–H groups in total. The number of rotatable bonds is 6. The first kappa shape index (κ1) is 18.8. The van der Waals surface area contributed by atoms with Crippen LogP contribution in [0.15, 0.2) is 53.7 Å². The Balaban J connectivity index is 1.99. The topological polar surface area (TPSA) is 131 Å². The lowest BCUT2D eigenvalue weighted by atomic mass is 10.0. The van der Waals surface area contributed by atoms with Gasteiger partial charge in [0.25, 0.3) is 5.69 Å². The molecule has 0 amide bonds. The number of amidine groups is 1. The van der Waals surface area contributed by atoms with Crippen molar-refractivity contribution in [1.29, 1.82) is 0 Å². The number of anilines is 1. The number of hydrogen-bond donors (Lipinski definition) is 2. The van der Waals surface area contributed by atoms with Gasteiger partial charge in [-0.3, -0.25) is 14.9 Å². The van der Waals surface area contributed by atoms with Crippen molar-refractivity contribution in [3.8, 4) is 5.75 Å². The lowest BCUT2D eigenvalue weighted by Crippen LogP contribution is -2.17. The fourth-order valence-corrected chi connectivity index (χ4v) is 2.63. The average molecular weight is 381 g/mol. The van der Waals surface area contributed by atoms with Gasteiger partial charge in [-0.1, -0.05) is 12.1 Å². The summed E-state index contributed by atoms with van der Waals surface area (Å²) in [6.07, 6.45) is 3.57. The number of carboxylic acid groups (broad SMARTS) is 1. The Hall–Kier alpha value is -4.01. The van der Waals surface area contributed by atoms with Crippen LogP contribution >= 0.6 is 0 Å². The Morgan fingerprint density at radius 1 is 1.21 bits per heavy atom. The van der Waals surface area contributed by atoms with Crippen LogP contribution in [0.2, 0.25) is 0 Å². The highest BCUT2D eigenvalue weighted by atomic mass is 16.6. The van der Waals surface area contributed by atoms with Crippen LogP contribution in [0.1, 0.15) is 28.4 Å². The van der Waals surface area contributed by atoms with Crippen molar-refractivity contribution in [3.05, 3.63) is 75.5 Å². The van der Waals surface area contributed by atoms with Crippen LogP contribution in [0.25, 0.3) is 0 Å². The number of ether oxygens (including phenoxy) is 1. The van der Waals surface area contributed by atoms with Crippen LogP contribution in [0.4, 0.5) is 11.4 Å². The quantitative estimate of drug-likeness (QED) is 0.340. The van der Waals surface area contributed by atoms with Crippen LogP contribution < -0.4 is 10.1 Å². The Kier molecular flexibility index (Phi) is 5.16. The number of nitrogens with zero attached hydrogens (tertiary/aromatic N) is 2. The number of hydrogen-bond acceptors (Lipinski definition) is 7. The minimum atomic E-state index is -1.25. The van der Waals surface area contributed by atoms with Crippen LogP contribution in [0.3, 0.4) is 0 Å². The van der Waals surface area contributed by atoms with Gasteiger partial charge in [0.2, 0.25) is 0 Å². The van der Waals surface area contributed by atoms with Crippen molar-refractivity contribution >= 4 is 29.1 Å². The third-order valence-corrected chi connectivity index (χ3v) is 3.89. The summed E-state index contributed by atoms with van der Waals surface area (Å²) in [6, 6.07) is 9.03. The number of aromatic carboxylic acids is 1. The van der Waals surface area contributed by atoms with Gasteiger partial charge in [0.15, 0.2) is 5.75 Å². The number of carbonyl (C=O) groups is 2. The molecule has 0 spiro atoms. The average Bonchev–Trinajstić information content (AvgIpc) is 2.59. The number of esters is 1. The predicted octanol–water partition coefficient (Wildman–Crippen LogP) is 3.15. The van der Waals surface area contributed by atoms with Gasteiger partial charge in [0.05, 0.1) is 10.6 Å². The summed E-state index contributed by atoms with van der Waals surface area (Å²) in [5.41, 5.74) is 1.45. The van der Waals surface area contributed by atoms with E-state index in [1.807, 2.05) is 0 Å². The molecule has 0 saturated carbocycles. The smallest absolute Gasteiger partial charge is 0.339 e. The van der Waals surface area contributed by atoms with Gasteiger partial charge in [-0.05, 0) is 35.8 Å². The van der Waals surface area contributed by atoms with Crippen molar-refractivity contribution < 1.29 is 24.4 Å².